The van der Waals surface area contributed by atoms with Crippen molar-refractivity contribution in [3.63, 3.8) is 0 Å². The highest BCUT2D eigenvalue weighted by molar-refractivity contribution is 7.88. The van der Waals surface area contributed by atoms with Gasteiger partial charge in [-0.3, -0.25) is 4.79 Å². The van der Waals surface area contributed by atoms with Crippen molar-refractivity contribution in [3.05, 3.63) is 90.0 Å². The molecular formula is C23H24N2O4S. The Bertz CT molecular complexity index is 1080. The summed E-state index contributed by atoms with van der Waals surface area (Å²) in [6.45, 7) is 1.83. The minimum absolute atomic E-state index is 0.135. The minimum atomic E-state index is -3.55. The van der Waals surface area contributed by atoms with Crippen LogP contribution in [0, 0.1) is 6.92 Å². The van der Waals surface area contributed by atoms with E-state index < -0.39 is 15.9 Å². The van der Waals surface area contributed by atoms with E-state index in [4.69, 9.17) is 4.74 Å². The van der Waals surface area contributed by atoms with E-state index in [1.807, 2.05) is 61.5 Å². The van der Waals surface area contributed by atoms with Crippen LogP contribution in [0.15, 0.2) is 78.9 Å². The number of amides is 1. The molecule has 0 radical (unpaired) electrons. The summed E-state index contributed by atoms with van der Waals surface area (Å²) < 4.78 is 31.2. The Morgan fingerprint density at radius 2 is 1.50 bits per heavy atom. The molecule has 0 aliphatic rings. The van der Waals surface area contributed by atoms with Gasteiger partial charge in [-0.15, -0.1) is 0 Å². The minimum Gasteiger partial charge on any atom is -0.457 e. The molecule has 3 aromatic carbocycles. The number of benzene rings is 3. The second-order valence-corrected chi connectivity index (χ2v) is 8.99. The van der Waals surface area contributed by atoms with E-state index in [1.54, 1.807) is 24.3 Å². The molecular weight excluding hydrogens is 400 g/mol. The first kappa shape index (κ1) is 21.5. The Morgan fingerprint density at radius 3 is 2.10 bits per heavy atom. The molecule has 3 rings (SSSR count). The van der Waals surface area contributed by atoms with Gasteiger partial charge in [-0.2, -0.15) is 4.31 Å². The lowest BCUT2D eigenvalue weighted by Gasteiger charge is -2.19. The number of hydrogen-bond donors (Lipinski definition) is 1. The van der Waals surface area contributed by atoms with Gasteiger partial charge in [-0.25, -0.2) is 8.42 Å². The summed E-state index contributed by atoms with van der Waals surface area (Å²) in [5.41, 5.74) is 2.47. The predicted molar refractivity (Wildman–Crippen MR) is 118 cm³/mol. The van der Waals surface area contributed by atoms with E-state index in [0.717, 1.165) is 21.7 Å². The molecule has 0 bridgehead atoms. The monoisotopic (exact) mass is 424 g/mol. The van der Waals surface area contributed by atoms with Crippen molar-refractivity contribution in [3.8, 4) is 11.5 Å². The van der Waals surface area contributed by atoms with Gasteiger partial charge in [-0.1, -0.05) is 48.0 Å². The SMILES string of the molecule is Cc1ccc(CN(CC(=O)Nc2ccc(Oc3ccccc3)cc2)S(C)(=O)=O)cc1. The second-order valence-electron chi connectivity index (χ2n) is 7.00. The number of ether oxygens (including phenoxy) is 1. The summed E-state index contributed by atoms with van der Waals surface area (Å²) in [6.07, 6.45) is 1.10. The van der Waals surface area contributed by atoms with Crippen molar-refractivity contribution in [2.75, 3.05) is 18.1 Å². The highest BCUT2D eigenvalue weighted by Crippen LogP contribution is 2.22. The van der Waals surface area contributed by atoms with Gasteiger partial charge in [0.25, 0.3) is 0 Å². The van der Waals surface area contributed by atoms with Crippen molar-refractivity contribution < 1.29 is 17.9 Å². The molecule has 0 heterocycles. The molecule has 0 spiro atoms. The first-order chi connectivity index (χ1) is 14.3. The van der Waals surface area contributed by atoms with Crippen LogP contribution in [0.3, 0.4) is 0 Å². The van der Waals surface area contributed by atoms with Crippen LogP contribution in [0.4, 0.5) is 5.69 Å². The quantitative estimate of drug-likeness (QED) is 0.588. The molecule has 0 fully saturated rings. The molecule has 6 nitrogen and oxygen atoms in total. The van der Waals surface area contributed by atoms with E-state index in [9.17, 15) is 13.2 Å². The zero-order valence-electron chi connectivity index (χ0n) is 16.9. The fraction of sp³-hybridized carbons (Fsp3) is 0.174. The maximum absolute atomic E-state index is 12.4. The molecule has 1 N–H and O–H groups in total. The highest BCUT2D eigenvalue weighted by atomic mass is 32.2. The molecule has 0 saturated carbocycles. The number of carbonyl (C=O) groups excluding carboxylic acids is 1. The van der Waals surface area contributed by atoms with Gasteiger partial charge in [0.2, 0.25) is 15.9 Å². The lowest BCUT2D eigenvalue weighted by atomic mass is 10.1. The zero-order valence-corrected chi connectivity index (χ0v) is 17.7. The third kappa shape index (κ3) is 6.43. The molecule has 7 heteroatoms. The standard InChI is InChI=1S/C23H24N2O4S/c1-18-8-10-19(11-9-18)16-25(30(2,27)28)17-23(26)24-20-12-14-22(15-13-20)29-21-6-4-3-5-7-21/h3-15H,16-17H2,1-2H3,(H,24,26). The van der Waals surface area contributed by atoms with Gasteiger partial charge in [-0.05, 0) is 48.9 Å². The molecule has 0 unspecified atom stereocenters. The van der Waals surface area contributed by atoms with E-state index in [-0.39, 0.29) is 13.1 Å². The largest absolute Gasteiger partial charge is 0.457 e. The van der Waals surface area contributed by atoms with Gasteiger partial charge in [0.1, 0.15) is 11.5 Å². The topological polar surface area (TPSA) is 75.7 Å². The molecule has 0 aliphatic carbocycles. The summed E-state index contributed by atoms with van der Waals surface area (Å²) in [7, 11) is -3.55. The van der Waals surface area contributed by atoms with Crippen molar-refractivity contribution >= 4 is 21.6 Å². The Labute approximate surface area is 177 Å². The Kier molecular flexibility index (Phi) is 6.87. The highest BCUT2D eigenvalue weighted by Gasteiger charge is 2.20. The summed E-state index contributed by atoms with van der Waals surface area (Å²) in [4.78, 5) is 12.4. The molecule has 1 amide bonds. The Hall–Kier alpha value is -3.16. The number of hydrogen-bond acceptors (Lipinski definition) is 4. The van der Waals surface area contributed by atoms with Crippen LogP contribution in [0.5, 0.6) is 11.5 Å². The van der Waals surface area contributed by atoms with Crippen LogP contribution in [0.1, 0.15) is 11.1 Å². The van der Waals surface area contributed by atoms with Crippen molar-refractivity contribution in [2.24, 2.45) is 0 Å². The number of nitrogens with one attached hydrogen (secondary N) is 1. The summed E-state index contributed by atoms with van der Waals surface area (Å²) in [5, 5.41) is 2.73. The van der Waals surface area contributed by atoms with Crippen molar-refractivity contribution in [1.82, 2.24) is 4.31 Å². The normalized spacial score (nSPS) is 11.3. The number of anilines is 1. The van der Waals surface area contributed by atoms with Crippen LogP contribution < -0.4 is 10.1 Å². The maximum Gasteiger partial charge on any atom is 0.239 e. The third-order valence-corrected chi connectivity index (χ3v) is 5.58. The fourth-order valence-corrected chi connectivity index (χ4v) is 3.51. The van der Waals surface area contributed by atoms with Gasteiger partial charge in [0.15, 0.2) is 0 Å². The maximum atomic E-state index is 12.4. The van der Waals surface area contributed by atoms with Gasteiger partial charge < -0.3 is 10.1 Å². The van der Waals surface area contributed by atoms with Gasteiger partial charge in [0, 0.05) is 12.2 Å². The van der Waals surface area contributed by atoms with E-state index in [0.29, 0.717) is 17.2 Å². The van der Waals surface area contributed by atoms with Crippen LogP contribution in [-0.4, -0.2) is 31.4 Å². The van der Waals surface area contributed by atoms with Crippen molar-refractivity contribution in [1.29, 1.82) is 0 Å². The second kappa shape index (κ2) is 9.56. The van der Waals surface area contributed by atoms with Crippen LogP contribution >= 0.6 is 0 Å². The molecule has 0 aliphatic heterocycles. The molecule has 0 saturated heterocycles. The van der Waals surface area contributed by atoms with Crippen LogP contribution in [-0.2, 0) is 21.4 Å². The molecule has 0 atom stereocenters. The summed E-state index contributed by atoms with van der Waals surface area (Å²) >= 11 is 0. The first-order valence-electron chi connectivity index (χ1n) is 9.43. The van der Waals surface area contributed by atoms with Gasteiger partial charge in [0.05, 0.1) is 12.8 Å². The lowest BCUT2D eigenvalue weighted by Crippen LogP contribution is -2.36. The smallest absolute Gasteiger partial charge is 0.239 e. The molecule has 156 valence electrons. The fourth-order valence-electron chi connectivity index (χ4n) is 2.78. The van der Waals surface area contributed by atoms with E-state index >= 15 is 0 Å². The Morgan fingerprint density at radius 1 is 0.900 bits per heavy atom. The predicted octanol–water partition coefficient (Wildman–Crippen LogP) is 4.19. The van der Waals surface area contributed by atoms with E-state index in [2.05, 4.69) is 5.32 Å². The molecule has 0 aromatic heterocycles. The van der Waals surface area contributed by atoms with Gasteiger partial charge >= 0.3 is 0 Å². The summed E-state index contributed by atoms with van der Waals surface area (Å²) in [6, 6.07) is 23.8. The molecule has 30 heavy (non-hydrogen) atoms. The van der Waals surface area contributed by atoms with Crippen molar-refractivity contribution in [2.45, 2.75) is 13.5 Å². The average Bonchev–Trinajstić information content (AvgIpc) is 2.71. The van der Waals surface area contributed by atoms with E-state index in [1.165, 1.54) is 0 Å². The van der Waals surface area contributed by atoms with Crippen LogP contribution in [0.2, 0.25) is 0 Å². The number of aryl methyl sites for hydroxylation is 1. The number of sulfonamides is 1. The van der Waals surface area contributed by atoms with Crippen LogP contribution in [0.25, 0.3) is 0 Å². The average molecular weight is 425 g/mol. The Balaban J connectivity index is 1.61. The zero-order chi connectivity index (χ0) is 21.6. The lowest BCUT2D eigenvalue weighted by molar-refractivity contribution is -0.116. The first-order valence-corrected chi connectivity index (χ1v) is 11.3. The molecule has 3 aromatic rings. The number of rotatable bonds is 8. The third-order valence-electron chi connectivity index (χ3n) is 4.39. The number of nitrogens with zero attached hydrogens (tertiary/aromatic N) is 1. The number of carbonyl (C=O) groups is 1. The summed E-state index contributed by atoms with van der Waals surface area (Å²) in [5.74, 6) is 0.940. The number of para-hydroxylation sites is 1.